The molecule has 7 nitrogen and oxygen atoms in total. The lowest BCUT2D eigenvalue weighted by Crippen LogP contribution is -2.50. The molecule has 3 aromatic rings. The molecule has 1 unspecified atom stereocenters. The minimum atomic E-state index is -0.266. The number of benzene rings is 1. The van der Waals surface area contributed by atoms with Crippen molar-refractivity contribution in [3.05, 3.63) is 66.4 Å². The maximum Gasteiger partial charge on any atom is 0.300 e. The van der Waals surface area contributed by atoms with Gasteiger partial charge in [0.05, 0.1) is 6.26 Å². The number of rotatable bonds is 2. The number of quaternary nitrogens is 1. The molecular weight excluding hydrogens is 304 g/mol. The van der Waals surface area contributed by atoms with Gasteiger partial charge in [0.1, 0.15) is 11.9 Å². The van der Waals surface area contributed by atoms with Gasteiger partial charge in [0.15, 0.2) is 12.0 Å². The lowest BCUT2D eigenvalue weighted by molar-refractivity contribution is -0.802. The summed E-state index contributed by atoms with van der Waals surface area (Å²) in [5.74, 6) is 7.97. The van der Waals surface area contributed by atoms with Crippen LogP contribution in [0.15, 0.2) is 74.6 Å². The summed E-state index contributed by atoms with van der Waals surface area (Å²) in [6.07, 6.45) is 6.92. The summed E-state index contributed by atoms with van der Waals surface area (Å²) in [5.41, 5.74) is 2.76. The normalized spacial score (nSPS) is 22.3. The second-order valence-corrected chi connectivity index (χ2v) is 5.66. The molecule has 5 rings (SSSR count). The van der Waals surface area contributed by atoms with Crippen LogP contribution in [0.25, 0.3) is 16.6 Å². The predicted octanol–water partition coefficient (Wildman–Crippen LogP) is 2.61. The number of aliphatic imine (C=N–C) groups is 2. The third-order valence-electron chi connectivity index (χ3n) is 4.08. The lowest BCUT2D eigenvalue weighted by Gasteiger charge is -2.19. The zero-order chi connectivity index (χ0) is 16.1. The molecule has 0 aliphatic carbocycles. The van der Waals surface area contributed by atoms with Crippen molar-refractivity contribution in [3.8, 4) is 0 Å². The summed E-state index contributed by atoms with van der Waals surface area (Å²) in [4.78, 5) is 12.1. The highest BCUT2D eigenvalue weighted by Crippen LogP contribution is 2.28. The van der Waals surface area contributed by atoms with Crippen LogP contribution in [0.4, 0.5) is 0 Å². The van der Waals surface area contributed by atoms with Gasteiger partial charge >= 0.3 is 0 Å². The maximum absolute atomic E-state index is 6.38. The van der Waals surface area contributed by atoms with Crippen molar-refractivity contribution in [2.45, 2.75) is 0 Å². The van der Waals surface area contributed by atoms with Crippen LogP contribution in [-0.4, -0.2) is 27.6 Å². The van der Waals surface area contributed by atoms with Gasteiger partial charge in [-0.3, -0.25) is 0 Å². The molecule has 0 bridgehead atoms. The summed E-state index contributed by atoms with van der Waals surface area (Å²) >= 11 is 0. The number of hydrogen-bond acceptors (Lipinski definition) is 5. The maximum atomic E-state index is 6.38. The molecule has 0 saturated heterocycles. The molecule has 2 aliphatic rings. The molecule has 7 heteroatoms. The van der Waals surface area contributed by atoms with E-state index in [4.69, 9.17) is 10.3 Å². The third-order valence-corrected chi connectivity index (χ3v) is 4.08. The topological polar surface area (TPSA) is 92.0 Å². The van der Waals surface area contributed by atoms with Crippen LogP contribution in [0.2, 0.25) is 0 Å². The highest BCUT2D eigenvalue weighted by molar-refractivity contribution is 6.32. The van der Waals surface area contributed by atoms with Crippen molar-refractivity contribution >= 4 is 34.5 Å². The molecule has 0 saturated carbocycles. The smallest absolute Gasteiger partial charge is 0.300 e. The van der Waals surface area contributed by atoms with E-state index >= 15 is 0 Å². The van der Waals surface area contributed by atoms with Crippen LogP contribution in [0.5, 0.6) is 0 Å². The van der Waals surface area contributed by atoms with Crippen molar-refractivity contribution in [1.29, 1.82) is 0 Å². The molecule has 24 heavy (non-hydrogen) atoms. The fraction of sp³-hybridized carbons (Fsp3) is 0. The molecule has 2 aromatic heterocycles. The Bertz CT molecular complexity index is 1070. The summed E-state index contributed by atoms with van der Waals surface area (Å²) in [6, 6.07) is 11.7. The molecule has 116 valence electrons. The number of nitrogens with two attached hydrogens (primary N) is 1. The van der Waals surface area contributed by atoms with Crippen molar-refractivity contribution in [2.24, 2.45) is 20.9 Å². The fourth-order valence-corrected chi connectivity index (χ4v) is 2.85. The highest BCUT2D eigenvalue weighted by Gasteiger charge is 2.40. The SMILES string of the molecule is N[N+]12C=C(c3ccc4cc[nH]c4c3)N=CC1=NC(c1ccco1)=N2. The van der Waals surface area contributed by atoms with E-state index in [2.05, 4.69) is 20.1 Å². The van der Waals surface area contributed by atoms with Crippen molar-refractivity contribution in [2.75, 3.05) is 0 Å². The molecule has 4 heterocycles. The van der Waals surface area contributed by atoms with Gasteiger partial charge in [-0.25, -0.2) is 4.99 Å². The Morgan fingerprint density at radius 2 is 2.12 bits per heavy atom. The number of furan rings is 1. The van der Waals surface area contributed by atoms with E-state index in [0.717, 1.165) is 22.2 Å². The van der Waals surface area contributed by atoms with Crippen molar-refractivity contribution in [1.82, 2.24) is 4.98 Å². The number of nitrogens with one attached hydrogen (secondary N) is 1. The molecule has 2 aliphatic heterocycles. The largest absolute Gasteiger partial charge is 0.461 e. The van der Waals surface area contributed by atoms with Gasteiger partial charge in [-0.05, 0) is 39.5 Å². The Labute approximate surface area is 136 Å². The number of nitrogens with zero attached hydrogens (tertiary/aromatic N) is 4. The van der Waals surface area contributed by atoms with Gasteiger partial charge in [-0.15, -0.1) is 5.84 Å². The Hall–Kier alpha value is -3.29. The summed E-state index contributed by atoms with van der Waals surface area (Å²) in [5, 5.41) is 5.62. The number of fused-ring (bicyclic) bond motifs is 2. The van der Waals surface area contributed by atoms with Gasteiger partial charge < -0.3 is 9.40 Å². The number of aromatic amines is 1. The summed E-state index contributed by atoms with van der Waals surface area (Å²) < 4.78 is 5.08. The van der Waals surface area contributed by atoms with Crippen LogP contribution >= 0.6 is 0 Å². The third kappa shape index (κ3) is 1.89. The quantitative estimate of drug-likeness (QED) is 0.561. The average Bonchev–Trinajstić information content (AvgIpc) is 3.31. The zero-order valence-corrected chi connectivity index (χ0v) is 12.5. The lowest BCUT2D eigenvalue weighted by atomic mass is 10.1. The molecule has 3 N–H and O–H groups in total. The number of aromatic nitrogens is 1. The van der Waals surface area contributed by atoms with E-state index in [0.29, 0.717) is 17.4 Å². The van der Waals surface area contributed by atoms with Crippen molar-refractivity contribution in [3.63, 3.8) is 0 Å². The second kappa shape index (κ2) is 4.60. The molecule has 0 spiro atoms. The van der Waals surface area contributed by atoms with Crippen LogP contribution < -0.4 is 5.84 Å². The van der Waals surface area contributed by atoms with Gasteiger partial charge in [0, 0.05) is 17.3 Å². The van der Waals surface area contributed by atoms with E-state index in [1.807, 2.05) is 30.5 Å². The molecule has 0 amide bonds. The Kier molecular flexibility index (Phi) is 2.53. The zero-order valence-electron chi connectivity index (χ0n) is 12.5. The predicted molar refractivity (Wildman–Crippen MR) is 91.9 cm³/mol. The first-order chi connectivity index (χ1) is 11.7. The first-order valence-corrected chi connectivity index (χ1v) is 7.46. The fourth-order valence-electron chi connectivity index (χ4n) is 2.85. The second-order valence-electron chi connectivity index (χ2n) is 5.66. The summed E-state index contributed by atoms with van der Waals surface area (Å²) in [6.45, 7) is 0. The van der Waals surface area contributed by atoms with Gasteiger partial charge in [-0.2, -0.15) is 4.99 Å². The Balaban J connectivity index is 1.58. The van der Waals surface area contributed by atoms with Crippen LogP contribution in [-0.2, 0) is 0 Å². The van der Waals surface area contributed by atoms with E-state index < -0.39 is 0 Å². The number of amidine groups is 2. The average molecular weight is 317 g/mol. The molecular formula is C17H13N6O+. The minimum absolute atomic E-state index is 0.266. The molecule has 1 aromatic carbocycles. The van der Waals surface area contributed by atoms with Gasteiger partial charge in [0.25, 0.3) is 11.7 Å². The van der Waals surface area contributed by atoms with E-state index in [-0.39, 0.29) is 4.70 Å². The van der Waals surface area contributed by atoms with Crippen LogP contribution in [0.3, 0.4) is 0 Å². The first kappa shape index (κ1) is 13.2. The standard InChI is InChI=1S/C17H13N6O/c18-23-10-14(12-4-3-11-5-6-19-13(11)8-12)20-9-16(23)21-17(22-23)15-2-1-7-24-15/h1-10,19H,18H2/q+1. The van der Waals surface area contributed by atoms with Gasteiger partial charge in [0.2, 0.25) is 0 Å². The van der Waals surface area contributed by atoms with Crippen LogP contribution in [0, 0.1) is 0 Å². The monoisotopic (exact) mass is 317 g/mol. The Morgan fingerprint density at radius 1 is 1.17 bits per heavy atom. The molecule has 0 fully saturated rings. The molecule has 0 radical (unpaired) electrons. The van der Waals surface area contributed by atoms with Crippen LogP contribution in [0.1, 0.15) is 11.3 Å². The first-order valence-electron chi connectivity index (χ1n) is 7.46. The van der Waals surface area contributed by atoms with E-state index in [1.54, 1.807) is 30.8 Å². The van der Waals surface area contributed by atoms with Gasteiger partial charge in [-0.1, -0.05) is 12.1 Å². The Morgan fingerprint density at radius 3 is 3.00 bits per heavy atom. The summed E-state index contributed by atoms with van der Waals surface area (Å²) in [7, 11) is 0. The van der Waals surface area contributed by atoms with E-state index in [1.165, 1.54) is 0 Å². The number of hydrogen-bond donors (Lipinski definition) is 2. The minimum Gasteiger partial charge on any atom is -0.461 e. The molecule has 1 atom stereocenters. The van der Waals surface area contributed by atoms with Crippen molar-refractivity contribution < 1.29 is 9.12 Å². The highest BCUT2D eigenvalue weighted by atomic mass is 16.3. The van der Waals surface area contributed by atoms with E-state index in [9.17, 15) is 0 Å². The number of H-pyrrole nitrogens is 1.